The molecule has 1 heterocycles. The van der Waals surface area contributed by atoms with Crippen molar-refractivity contribution in [2.75, 3.05) is 6.54 Å². The van der Waals surface area contributed by atoms with Crippen LogP contribution in [0.2, 0.25) is 0 Å². The summed E-state index contributed by atoms with van der Waals surface area (Å²) in [5, 5.41) is 12.6. The number of piperidine rings is 1. The fourth-order valence-corrected chi connectivity index (χ4v) is 2.66. The predicted octanol–water partition coefficient (Wildman–Crippen LogP) is 2.94. The van der Waals surface area contributed by atoms with Gasteiger partial charge in [0, 0.05) is 11.5 Å². The molecule has 23 heavy (non-hydrogen) atoms. The molecule has 1 aromatic rings. The minimum Gasteiger partial charge on any atom is -0.481 e. The molecule has 0 spiro atoms. The van der Waals surface area contributed by atoms with Crippen molar-refractivity contribution >= 4 is 12.1 Å². The van der Waals surface area contributed by atoms with Gasteiger partial charge in [-0.25, -0.2) is 4.79 Å². The summed E-state index contributed by atoms with van der Waals surface area (Å²) < 4.78 is 5.27. The van der Waals surface area contributed by atoms with Gasteiger partial charge in [-0.05, 0) is 30.4 Å². The number of amides is 1. The monoisotopic (exact) mass is 318 g/mol. The van der Waals surface area contributed by atoms with Crippen LogP contribution < -0.4 is 0 Å². The zero-order chi connectivity index (χ0) is 16.7. The molecule has 0 bridgehead atoms. The summed E-state index contributed by atoms with van der Waals surface area (Å²) in [7, 11) is 0. The Morgan fingerprint density at radius 2 is 2.13 bits per heavy atom. The Labute approximate surface area is 133 Å². The number of benzene rings is 1. The molecular formula is C15H18N4O4. The van der Waals surface area contributed by atoms with Crippen LogP contribution in [0.1, 0.15) is 24.8 Å². The maximum absolute atomic E-state index is 12.3. The highest BCUT2D eigenvalue weighted by Gasteiger charge is 2.37. The average Bonchev–Trinajstić information content (AvgIpc) is 2.58. The summed E-state index contributed by atoms with van der Waals surface area (Å²) in [5.74, 6) is -1.24. The van der Waals surface area contributed by atoms with Gasteiger partial charge in [-0.2, -0.15) is 0 Å². The van der Waals surface area contributed by atoms with Crippen molar-refractivity contribution in [3.8, 4) is 0 Å². The fraction of sp³-hybridized carbons (Fsp3) is 0.467. The molecule has 1 saturated heterocycles. The maximum Gasteiger partial charge on any atom is 0.410 e. The van der Waals surface area contributed by atoms with Crippen molar-refractivity contribution in [2.24, 2.45) is 5.11 Å². The van der Waals surface area contributed by atoms with Gasteiger partial charge >= 0.3 is 12.1 Å². The molecule has 0 saturated carbocycles. The molecule has 2 rings (SSSR count). The number of hydrogen-bond acceptors (Lipinski definition) is 4. The zero-order valence-corrected chi connectivity index (χ0v) is 12.5. The third kappa shape index (κ3) is 4.37. The van der Waals surface area contributed by atoms with E-state index in [2.05, 4.69) is 10.0 Å². The normalized spacial score (nSPS) is 18.6. The summed E-state index contributed by atoms with van der Waals surface area (Å²) in [4.78, 5) is 27.5. The van der Waals surface area contributed by atoms with Crippen LogP contribution in [-0.4, -0.2) is 40.7 Å². The number of carboxylic acid groups (broad SMARTS) is 1. The van der Waals surface area contributed by atoms with Crippen LogP contribution in [0, 0.1) is 0 Å². The van der Waals surface area contributed by atoms with Gasteiger partial charge in [0.1, 0.15) is 6.61 Å². The highest BCUT2D eigenvalue weighted by molar-refractivity contribution is 5.76. The van der Waals surface area contributed by atoms with Crippen molar-refractivity contribution < 1.29 is 19.4 Å². The molecule has 1 aliphatic rings. The van der Waals surface area contributed by atoms with Crippen molar-refractivity contribution in [3.63, 3.8) is 0 Å². The van der Waals surface area contributed by atoms with Gasteiger partial charge in [-0.15, -0.1) is 0 Å². The van der Waals surface area contributed by atoms with Crippen molar-refractivity contribution in [1.29, 1.82) is 0 Å². The Bertz CT molecular complexity index is 599. The van der Waals surface area contributed by atoms with E-state index < -0.39 is 24.1 Å². The van der Waals surface area contributed by atoms with Gasteiger partial charge in [0.25, 0.3) is 0 Å². The first kappa shape index (κ1) is 16.6. The molecule has 122 valence electrons. The second kappa shape index (κ2) is 8.05. The summed E-state index contributed by atoms with van der Waals surface area (Å²) in [5.41, 5.74) is 9.40. The molecule has 1 aromatic carbocycles. The number of nitrogens with zero attached hydrogens (tertiary/aromatic N) is 4. The van der Waals surface area contributed by atoms with Crippen LogP contribution in [0.15, 0.2) is 35.4 Å². The molecule has 2 atom stereocenters. The van der Waals surface area contributed by atoms with Gasteiger partial charge < -0.3 is 14.7 Å². The van der Waals surface area contributed by atoms with Crippen molar-refractivity contribution in [2.45, 2.75) is 38.0 Å². The third-order valence-electron chi connectivity index (χ3n) is 3.78. The lowest BCUT2D eigenvalue weighted by molar-refractivity contribution is -0.140. The highest BCUT2D eigenvalue weighted by atomic mass is 16.6. The van der Waals surface area contributed by atoms with Crippen LogP contribution in [0.4, 0.5) is 4.79 Å². The van der Waals surface area contributed by atoms with E-state index in [9.17, 15) is 14.7 Å². The molecule has 8 heteroatoms. The van der Waals surface area contributed by atoms with Crippen LogP contribution in [0.3, 0.4) is 0 Å². The van der Waals surface area contributed by atoms with E-state index in [0.717, 1.165) is 18.4 Å². The number of ether oxygens (including phenoxy) is 1. The smallest absolute Gasteiger partial charge is 0.410 e. The molecule has 0 unspecified atom stereocenters. The lowest BCUT2D eigenvalue weighted by atomic mass is 9.96. The van der Waals surface area contributed by atoms with E-state index in [1.165, 1.54) is 4.90 Å². The molecule has 0 radical (unpaired) electrons. The van der Waals surface area contributed by atoms with E-state index in [4.69, 9.17) is 10.3 Å². The lowest BCUT2D eigenvalue weighted by Gasteiger charge is -2.36. The number of likely N-dealkylation sites (tertiary alicyclic amines) is 1. The molecule has 0 aliphatic carbocycles. The second-order valence-electron chi connectivity index (χ2n) is 5.28. The molecule has 0 aromatic heterocycles. The average molecular weight is 318 g/mol. The number of rotatable bonds is 5. The number of carbonyl (C=O) groups excluding carboxylic acids is 1. The first-order chi connectivity index (χ1) is 11.1. The SMILES string of the molecule is [N-]=[N+]=N[C@H](C(=O)O)[C@@H]1CCCCN1C(=O)OCc1ccccc1. The Kier molecular flexibility index (Phi) is 5.82. The Hall–Kier alpha value is -2.73. The van der Waals surface area contributed by atoms with Gasteiger partial charge in [-0.1, -0.05) is 35.4 Å². The predicted molar refractivity (Wildman–Crippen MR) is 81.5 cm³/mol. The third-order valence-corrected chi connectivity index (χ3v) is 3.78. The minimum absolute atomic E-state index is 0.113. The second-order valence-corrected chi connectivity index (χ2v) is 5.28. The first-order valence-corrected chi connectivity index (χ1v) is 7.38. The maximum atomic E-state index is 12.3. The summed E-state index contributed by atoms with van der Waals surface area (Å²) in [6.45, 7) is 0.505. The van der Waals surface area contributed by atoms with E-state index in [1.54, 1.807) is 0 Å². The van der Waals surface area contributed by atoms with Crippen LogP contribution in [0.25, 0.3) is 10.4 Å². The van der Waals surface area contributed by atoms with Crippen molar-refractivity contribution in [3.05, 3.63) is 46.3 Å². The summed E-state index contributed by atoms with van der Waals surface area (Å²) in [6.07, 6.45) is 1.42. The number of azide groups is 1. The highest BCUT2D eigenvalue weighted by Crippen LogP contribution is 2.23. The molecular weight excluding hydrogens is 300 g/mol. The van der Waals surface area contributed by atoms with Crippen LogP contribution >= 0.6 is 0 Å². The Morgan fingerprint density at radius 1 is 1.39 bits per heavy atom. The largest absolute Gasteiger partial charge is 0.481 e. The summed E-state index contributed by atoms with van der Waals surface area (Å²) in [6, 6.07) is 7.24. The van der Waals surface area contributed by atoms with Crippen LogP contribution in [-0.2, 0) is 16.1 Å². The fourth-order valence-electron chi connectivity index (χ4n) is 2.66. The van der Waals surface area contributed by atoms with Crippen LogP contribution in [0.5, 0.6) is 0 Å². The first-order valence-electron chi connectivity index (χ1n) is 7.38. The quantitative estimate of drug-likeness (QED) is 0.510. The van der Waals surface area contributed by atoms with Gasteiger partial charge in [0.15, 0.2) is 6.04 Å². The van der Waals surface area contributed by atoms with E-state index in [-0.39, 0.29) is 6.61 Å². The Balaban J connectivity index is 2.06. The summed E-state index contributed by atoms with van der Waals surface area (Å²) >= 11 is 0. The van der Waals surface area contributed by atoms with E-state index >= 15 is 0 Å². The number of carbonyl (C=O) groups is 2. The number of hydrogen-bond donors (Lipinski definition) is 1. The van der Waals surface area contributed by atoms with E-state index in [1.807, 2.05) is 30.3 Å². The topological polar surface area (TPSA) is 116 Å². The lowest BCUT2D eigenvalue weighted by Crippen LogP contribution is -2.51. The van der Waals surface area contributed by atoms with Crippen molar-refractivity contribution in [1.82, 2.24) is 4.90 Å². The molecule has 1 fully saturated rings. The van der Waals surface area contributed by atoms with Gasteiger partial charge in [0.2, 0.25) is 0 Å². The van der Waals surface area contributed by atoms with E-state index in [0.29, 0.717) is 13.0 Å². The Morgan fingerprint density at radius 3 is 2.78 bits per heavy atom. The standard InChI is InChI=1S/C15H18N4O4/c16-18-17-13(14(20)21)12-8-4-5-9-19(12)15(22)23-10-11-6-2-1-3-7-11/h1-3,6-7,12-13H,4-5,8-10H2,(H,20,21)/t12-,13-/m0/s1. The molecule has 8 nitrogen and oxygen atoms in total. The number of aliphatic carboxylic acids is 1. The zero-order valence-electron chi connectivity index (χ0n) is 12.5. The molecule has 1 N–H and O–H groups in total. The number of carboxylic acids is 1. The van der Waals surface area contributed by atoms with Gasteiger partial charge in [0.05, 0.1) is 6.04 Å². The minimum atomic E-state index is -1.30. The molecule has 1 amide bonds. The molecule has 1 aliphatic heterocycles. The van der Waals surface area contributed by atoms with Gasteiger partial charge in [-0.3, -0.25) is 4.79 Å².